The number of carboxylic acids is 1. The number of β-amino-alcohol motifs (C(OH)–C–C–N with tert-alkyl or cyclic N) is 1. The first-order valence-electron chi connectivity index (χ1n) is 6.66. The molecule has 0 spiro atoms. The molecule has 2 N–H and O–H groups in total. The summed E-state index contributed by atoms with van der Waals surface area (Å²) in [5.41, 5.74) is 1.15. The van der Waals surface area contributed by atoms with Crippen molar-refractivity contribution in [2.45, 2.75) is 25.0 Å². The monoisotopic (exact) mass is 284 g/mol. The molecule has 2 atom stereocenters. The van der Waals surface area contributed by atoms with Gasteiger partial charge in [0.1, 0.15) is 6.04 Å². The minimum absolute atomic E-state index is 0.0843. The molecule has 0 radical (unpaired) electrons. The summed E-state index contributed by atoms with van der Waals surface area (Å²) < 4.78 is 5.05. The molecule has 0 bridgehead atoms. The van der Waals surface area contributed by atoms with Gasteiger partial charge in [-0.1, -0.05) is 6.08 Å². The summed E-state index contributed by atoms with van der Waals surface area (Å²) in [6.07, 6.45) is 2.00. The van der Waals surface area contributed by atoms with Crippen molar-refractivity contribution in [3.05, 3.63) is 11.6 Å². The van der Waals surface area contributed by atoms with Crippen molar-refractivity contribution in [3.8, 4) is 0 Å². The van der Waals surface area contributed by atoms with E-state index in [-0.39, 0.29) is 19.0 Å². The standard InChI is InChI=1S/C13H20N2O5/c1-20-8-9-2-4-14(5-3-9)13(19)15-7-10(16)6-11(15)12(17)18/h2,10-11,16H,3-8H2,1H3,(H,17,18)/t10?,11-/m0/s1. The molecule has 0 aromatic carbocycles. The van der Waals surface area contributed by atoms with Crippen LogP contribution >= 0.6 is 0 Å². The average molecular weight is 284 g/mol. The van der Waals surface area contributed by atoms with Gasteiger partial charge in [-0.25, -0.2) is 9.59 Å². The number of likely N-dealkylation sites (tertiary alicyclic amines) is 1. The number of carboxylic acid groups (broad SMARTS) is 1. The van der Waals surface area contributed by atoms with Gasteiger partial charge in [0.15, 0.2) is 0 Å². The molecule has 2 amide bonds. The van der Waals surface area contributed by atoms with Crippen LogP contribution in [0, 0.1) is 0 Å². The van der Waals surface area contributed by atoms with Gasteiger partial charge < -0.3 is 24.7 Å². The molecule has 2 aliphatic heterocycles. The van der Waals surface area contributed by atoms with Crippen molar-refractivity contribution in [2.24, 2.45) is 0 Å². The van der Waals surface area contributed by atoms with Crippen molar-refractivity contribution < 1.29 is 24.5 Å². The molecule has 2 rings (SSSR count). The van der Waals surface area contributed by atoms with E-state index in [1.54, 1.807) is 12.0 Å². The maximum Gasteiger partial charge on any atom is 0.326 e. The van der Waals surface area contributed by atoms with E-state index in [2.05, 4.69) is 0 Å². The normalized spacial score (nSPS) is 26.6. The number of nitrogens with zero attached hydrogens (tertiary/aromatic N) is 2. The number of rotatable bonds is 3. The van der Waals surface area contributed by atoms with E-state index in [0.717, 1.165) is 12.0 Å². The van der Waals surface area contributed by atoms with Gasteiger partial charge in [-0.3, -0.25) is 0 Å². The van der Waals surface area contributed by atoms with E-state index in [4.69, 9.17) is 9.84 Å². The number of methoxy groups -OCH3 is 1. The minimum Gasteiger partial charge on any atom is -0.480 e. The molecule has 2 heterocycles. The van der Waals surface area contributed by atoms with Crippen LogP contribution in [0.2, 0.25) is 0 Å². The zero-order valence-electron chi connectivity index (χ0n) is 11.5. The Kier molecular flexibility index (Phi) is 4.61. The second-order valence-electron chi connectivity index (χ2n) is 5.17. The lowest BCUT2D eigenvalue weighted by Gasteiger charge is -2.32. The number of hydrogen-bond acceptors (Lipinski definition) is 4. The number of aliphatic carboxylic acids is 1. The number of carbonyl (C=O) groups excluding carboxylic acids is 1. The van der Waals surface area contributed by atoms with Crippen molar-refractivity contribution in [1.82, 2.24) is 9.80 Å². The summed E-state index contributed by atoms with van der Waals surface area (Å²) >= 11 is 0. The van der Waals surface area contributed by atoms with Gasteiger partial charge in [0, 0.05) is 33.2 Å². The first kappa shape index (κ1) is 14.8. The zero-order valence-corrected chi connectivity index (χ0v) is 11.5. The molecule has 1 saturated heterocycles. The Labute approximate surface area is 117 Å². The second-order valence-corrected chi connectivity index (χ2v) is 5.17. The third-order valence-corrected chi connectivity index (χ3v) is 3.71. The highest BCUT2D eigenvalue weighted by molar-refractivity contribution is 5.83. The molecular formula is C13H20N2O5. The zero-order chi connectivity index (χ0) is 14.7. The third kappa shape index (κ3) is 3.10. The van der Waals surface area contributed by atoms with Crippen LogP contribution in [0.15, 0.2) is 11.6 Å². The lowest BCUT2D eigenvalue weighted by Crippen LogP contribution is -2.49. The molecule has 0 saturated carbocycles. The van der Waals surface area contributed by atoms with Gasteiger partial charge in [0.2, 0.25) is 0 Å². The Morgan fingerprint density at radius 2 is 2.25 bits per heavy atom. The molecule has 112 valence electrons. The predicted octanol–water partition coefficient (Wildman–Crippen LogP) is -0.0953. The van der Waals surface area contributed by atoms with Crippen molar-refractivity contribution in [1.29, 1.82) is 0 Å². The largest absolute Gasteiger partial charge is 0.480 e. The van der Waals surface area contributed by atoms with E-state index < -0.39 is 18.1 Å². The number of aliphatic hydroxyl groups is 1. The van der Waals surface area contributed by atoms with Gasteiger partial charge >= 0.3 is 12.0 Å². The number of hydrogen-bond donors (Lipinski definition) is 2. The second kappa shape index (κ2) is 6.23. The third-order valence-electron chi connectivity index (χ3n) is 3.71. The highest BCUT2D eigenvalue weighted by atomic mass is 16.5. The van der Waals surface area contributed by atoms with Crippen LogP contribution in [-0.2, 0) is 9.53 Å². The van der Waals surface area contributed by atoms with Crippen LogP contribution < -0.4 is 0 Å². The quantitative estimate of drug-likeness (QED) is 0.707. The summed E-state index contributed by atoms with van der Waals surface area (Å²) in [6.45, 7) is 1.65. The van der Waals surface area contributed by atoms with Gasteiger partial charge in [-0.15, -0.1) is 0 Å². The van der Waals surface area contributed by atoms with Gasteiger partial charge in [-0.05, 0) is 12.0 Å². The summed E-state index contributed by atoms with van der Waals surface area (Å²) in [5.74, 6) is -1.07. The Balaban J connectivity index is 1.99. The van der Waals surface area contributed by atoms with Crippen LogP contribution in [0.5, 0.6) is 0 Å². The molecule has 20 heavy (non-hydrogen) atoms. The summed E-state index contributed by atoms with van der Waals surface area (Å²) in [5, 5.41) is 18.7. The van der Waals surface area contributed by atoms with Gasteiger partial charge in [0.25, 0.3) is 0 Å². The molecule has 1 unspecified atom stereocenters. The first-order chi connectivity index (χ1) is 9.52. The lowest BCUT2D eigenvalue weighted by molar-refractivity contribution is -0.141. The summed E-state index contributed by atoms with van der Waals surface area (Å²) in [4.78, 5) is 26.3. The molecule has 1 fully saturated rings. The minimum atomic E-state index is -1.07. The predicted molar refractivity (Wildman–Crippen MR) is 70.3 cm³/mol. The maximum absolute atomic E-state index is 12.3. The molecule has 0 aromatic rings. The fraction of sp³-hybridized carbons (Fsp3) is 0.692. The fourth-order valence-electron chi connectivity index (χ4n) is 2.64. The summed E-state index contributed by atoms with van der Waals surface area (Å²) in [7, 11) is 1.63. The number of ether oxygens (including phenoxy) is 1. The molecule has 7 heteroatoms. The molecule has 2 aliphatic rings. The Morgan fingerprint density at radius 1 is 1.50 bits per heavy atom. The molecule has 0 aliphatic carbocycles. The topological polar surface area (TPSA) is 90.3 Å². The van der Waals surface area contributed by atoms with Crippen molar-refractivity contribution in [3.63, 3.8) is 0 Å². The first-order valence-corrected chi connectivity index (χ1v) is 6.66. The smallest absolute Gasteiger partial charge is 0.326 e. The van der Waals surface area contributed by atoms with Crippen molar-refractivity contribution in [2.75, 3.05) is 33.4 Å². The van der Waals surface area contributed by atoms with Crippen molar-refractivity contribution >= 4 is 12.0 Å². The highest BCUT2D eigenvalue weighted by Crippen LogP contribution is 2.21. The maximum atomic E-state index is 12.3. The van der Waals surface area contributed by atoms with E-state index in [1.165, 1.54) is 4.90 Å². The lowest BCUT2D eigenvalue weighted by atomic mass is 10.1. The molecule has 0 aromatic heterocycles. The van der Waals surface area contributed by atoms with E-state index in [9.17, 15) is 14.7 Å². The van der Waals surface area contributed by atoms with Crippen LogP contribution in [0.1, 0.15) is 12.8 Å². The molecular weight excluding hydrogens is 264 g/mol. The number of carbonyl (C=O) groups is 2. The Bertz CT molecular complexity index is 423. The SMILES string of the molecule is COCC1=CCN(C(=O)N2CC(O)C[C@H]2C(=O)O)CC1. The van der Waals surface area contributed by atoms with Gasteiger partial charge in [0.05, 0.1) is 12.7 Å². The fourth-order valence-corrected chi connectivity index (χ4v) is 2.64. The number of urea groups is 1. The Hall–Kier alpha value is -1.60. The highest BCUT2D eigenvalue weighted by Gasteiger charge is 2.40. The van der Waals surface area contributed by atoms with E-state index >= 15 is 0 Å². The van der Waals surface area contributed by atoms with Crippen LogP contribution in [0.4, 0.5) is 4.79 Å². The van der Waals surface area contributed by atoms with Crippen LogP contribution in [-0.4, -0.2) is 77.5 Å². The van der Waals surface area contributed by atoms with Crippen LogP contribution in [0.25, 0.3) is 0 Å². The van der Waals surface area contributed by atoms with E-state index in [0.29, 0.717) is 19.7 Å². The Morgan fingerprint density at radius 3 is 2.80 bits per heavy atom. The molecule has 7 nitrogen and oxygen atoms in total. The summed E-state index contributed by atoms with van der Waals surface area (Å²) in [6, 6.07) is -1.25. The number of amides is 2. The number of aliphatic hydroxyl groups excluding tert-OH is 1. The van der Waals surface area contributed by atoms with E-state index in [1.807, 2.05) is 6.08 Å². The van der Waals surface area contributed by atoms with Gasteiger partial charge in [-0.2, -0.15) is 0 Å². The average Bonchev–Trinajstić information content (AvgIpc) is 2.81. The van der Waals surface area contributed by atoms with Crippen LogP contribution in [0.3, 0.4) is 0 Å².